The monoisotopic (exact) mass is 283 g/mol. The number of rotatable bonds is 9. The molecule has 0 aliphatic carbocycles. The molecule has 0 spiro atoms. The molecule has 0 aliphatic rings. The first-order valence-corrected chi connectivity index (χ1v) is 8.03. The summed E-state index contributed by atoms with van der Waals surface area (Å²) in [5, 5.41) is 3.30. The van der Waals surface area contributed by atoms with Crippen LogP contribution in [0.2, 0.25) is 0 Å². The molecule has 0 saturated carbocycles. The van der Waals surface area contributed by atoms with Gasteiger partial charge in [0.1, 0.15) is 10.8 Å². The second kappa shape index (κ2) is 9.16. The van der Waals surface area contributed by atoms with Crippen molar-refractivity contribution in [2.75, 3.05) is 23.9 Å². The summed E-state index contributed by atoms with van der Waals surface area (Å²) in [5.74, 6) is 2.12. The minimum atomic E-state index is 0.414. The van der Waals surface area contributed by atoms with E-state index in [4.69, 9.17) is 18.0 Å². The highest BCUT2D eigenvalue weighted by molar-refractivity contribution is 7.98. The third kappa shape index (κ3) is 6.21. The topological polar surface area (TPSA) is 50.9 Å². The number of nitrogens with one attached hydrogen (secondary N) is 1. The molecule has 0 aromatic carbocycles. The molecule has 0 saturated heterocycles. The molecule has 1 aromatic heterocycles. The molecule has 100 valence electrons. The smallest absolute Gasteiger partial charge is 0.126 e. The van der Waals surface area contributed by atoms with Crippen LogP contribution in [0.1, 0.15) is 31.2 Å². The Kier molecular flexibility index (Phi) is 7.76. The van der Waals surface area contributed by atoms with Crippen LogP contribution in [0.25, 0.3) is 0 Å². The molecule has 3 nitrogen and oxygen atoms in total. The third-order valence-corrected chi connectivity index (χ3v) is 3.56. The number of thioether (sulfide) groups is 1. The molecule has 1 rings (SSSR count). The molecule has 0 unspecified atom stereocenters. The summed E-state index contributed by atoms with van der Waals surface area (Å²) in [6, 6.07) is 3.73. The van der Waals surface area contributed by atoms with Crippen molar-refractivity contribution in [3.63, 3.8) is 0 Å². The SMILES string of the molecule is CSCCCCCCNc1cc(C(N)=S)ccn1. The van der Waals surface area contributed by atoms with Crippen molar-refractivity contribution in [3.05, 3.63) is 23.9 Å². The average molecular weight is 283 g/mol. The van der Waals surface area contributed by atoms with Gasteiger partial charge in [-0.1, -0.05) is 25.1 Å². The first kappa shape index (κ1) is 15.2. The van der Waals surface area contributed by atoms with Gasteiger partial charge in [0.05, 0.1) is 0 Å². The number of aromatic nitrogens is 1. The molecular formula is C13H21N3S2. The Morgan fingerprint density at radius 2 is 2.17 bits per heavy atom. The summed E-state index contributed by atoms with van der Waals surface area (Å²) in [5.41, 5.74) is 6.44. The van der Waals surface area contributed by atoms with Crippen molar-refractivity contribution in [1.82, 2.24) is 4.98 Å². The molecule has 0 amide bonds. The largest absolute Gasteiger partial charge is 0.389 e. The van der Waals surface area contributed by atoms with E-state index in [1.165, 1.54) is 31.4 Å². The van der Waals surface area contributed by atoms with Crippen LogP contribution in [0.3, 0.4) is 0 Å². The molecule has 0 bridgehead atoms. The molecule has 3 N–H and O–H groups in total. The van der Waals surface area contributed by atoms with Crippen LogP contribution in [0.15, 0.2) is 18.3 Å². The van der Waals surface area contributed by atoms with Gasteiger partial charge in [-0.25, -0.2) is 4.98 Å². The lowest BCUT2D eigenvalue weighted by Gasteiger charge is -2.06. The van der Waals surface area contributed by atoms with Crippen LogP contribution < -0.4 is 11.1 Å². The van der Waals surface area contributed by atoms with E-state index >= 15 is 0 Å². The third-order valence-electron chi connectivity index (χ3n) is 2.63. The lowest BCUT2D eigenvalue weighted by Crippen LogP contribution is -2.11. The number of hydrogen-bond acceptors (Lipinski definition) is 4. The normalized spacial score (nSPS) is 10.3. The second-order valence-corrected chi connectivity index (χ2v) is 5.55. The van der Waals surface area contributed by atoms with Crippen LogP contribution in [-0.4, -0.2) is 28.5 Å². The lowest BCUT2D eigenvalue weighted by atomic mass is 10.2. The summed E-state index contributed by atoms with van der Waals surface area (Å²) in [6.07, 6.45) is 8.95. The summed E-state index contributed by atoms with van der Waals surface area (Å²) in [6.45, 7) is 0.951. The van der Waals surface area contributed by atoms with Gasteiger partial charge in [0.2, 0.25) is 0 Å². The fourth-order valence-electron chi connectivity index (χ4n) is 1.62. The van der Waals surface area contributed by atoms with E-state index in [0.717, 1.165) is 17.9 Å². The average Bonchev–Trinajstić information content (AvgIpc) is 2.38. The Morgan fingerprint density at radius 1 is 1.39 bits per heavy atom. The van der Waals surface area contributed by atoms with E-state index in [2.05, 4.69) is 16.6 Å². The molecule has 0 aliphatic heterocycles. The standard InChI is InChI=1S/C13H21N3S2/c1-18-9-5-3-2-4-7-15-12-10-11(13(14)17)6-8-16-12/h6,8,10H,2-5,7,9H2,1H3,(H2,14,17)(H,15,16). The molecule has 5 heteroatoms. The second-order valence-electron chi connectivity index (χ2n) is 4.13. The first-order chi connectivity index (χ1) is 8.74. The Morgan fingerprint density at radius 3 is 2.89 bits per heavy atom. The highest BCUT2D eigenvalue weighted by Gasteiger charge is 1.98. The van der Waals surface area contributed by atoms with Crippen LogP contribution in [0.5, 0.6) is 0 Å². The van der Waals surface area contributed by atoms with Gasteiger partial charge in [-0.3, -0.25) is 0 Å². The number of unbranched alkanes of at least 4 members (excludes halogenated alkanes) is 3. The molecule has 18 heavy (non-hydrogen) atoms. The number of anilines is 1. The number of nitrogens with two attached hydrogens (primary N) is 1. The lowest BCUT2D eigenvalue weighted by molar-refractivity contribution is 0.688. The van der Waals surface area contributed by atoms with E-state index in [0.29, 0.717) is 4.99 Å². The Labute approximate surface area is 119 Å². The molecular weight excluding hydrogens is 262 g/mol. The molecule has 1 aromatic rings. The maximum Gasteiger partial charge on any atom is 0.126 e. The van der Waals surface area contributed by atoms with Crippen molar-refractivity contribution in [2.24, 2.45) is 5.73 Å². The van der Waals surface area contributed by atoms with Crippen molar-refractivity contribution in [1.29, 1.82) is 0 Å². The van der Waals surface area contributed by atoms with Crippen molar-refractivity contribution >= 4 is 34.8 Å². The quantitative estimate of drug-likeness (QED) is 0.539. The zero-order valence-electron chi connectivity index (χ0n) is 10.8. The van der Waals surface area contributed by atoms with E-state index in [1.807, 2.05) is 23.9 Å². The van der Waals surface area contributed by atoms with Crippen molar-refractivity contribution < 1.29 is 0 Å². The minimum Gasteiger partial charge on any atom is -0.389 e. The molecule has 0 atom stereocenters. The highest BCUT2D eigenvalue weighted by Crippen LogP contribution is 2.08. The van der Waals surface area contributed by atoms with Crippen LogP contribution in [-0.2, 0) is 0 Å². The van der Waals surface area contributed by atoms with E-state index < -0.39 is 0 Å². The maximum absolute atomic E-state index is 5.58. The number of hydrogen-bond donors (Lipinski definition) is 2. The predicted octanol–water partition coefficient (Wildman–Crippen LogP) is 3.05. The summed E-state index contributed by atoms with van der Waals surface area (Å²) in [4.78, 5) is 4.65. The summed E-state index contributed by atoms with van der Waals surface area (Å²) >= 11 is 6.85. The van der Waals surface area contributed by atoms with Crippen molar-refractivity contribution in [3.8, 4) is 0 Å². The molecule has 0 fully saturated rings. The van der Waals surface area contributed by atoms with Gasteiger partial charge in [0, 0.05) is 18.3 Å². The van der Waals surface area contributed by atoms with E-state index in [9.17, 15) is 0 Å². The maximum atomic E-state index is 5.58. The van der Waals surface area contributed by atoms with Gasteiger partial charge in [-0.15, -0.1) is 0 Å². The first-order valence-electron chi connectivity index (χ1n) is 6.22. The Bertz CT molecular complexity index is 369. The fraction of sp³-hybridized carbons (Fsp3) is 0.538. The Hall–Kier alpha value is -0.810. The predicted molar refractivity (Wildman–Crippen MR) is 85.5 cm³/mol. The zero-order chi connectivity index (χ0) is 13.2. The van der Waals surface area contributed by atoms with Gasteiger partial charge in [-0.2, -0.15) is 11.8 Å². The van der Waals surface area contributed by atoms with E-state index in [-0.39, 0.29) is 0 Å². The molecule has 1 heterocycles. The van der Waals surface area contributed by atoms with Crippen molar-refractivity contribution in [2.45, 2.75) is 25.7 Å². The summed E-state index contributed by atoms with van der Waals surface area (Å²) in [7, 11) is 0. The summed E-state index contributed by atoms with van der Waals surface area (Å²) < 4.78 is 0. The van der Waals surface area contributed by atoms with Crippen LogP contribution >= 0.6 is 24.0 Å². The zero-order valence-corrected chi connectivity index (χ0v) is 12.4. The van der Waals surface area contributed by atoms with E-state index in [1.54, 1.807) is 6.20 Å². The van der Waals surface area contributed by atoms with Gasteiger partial charge >= 0.3 is 0 Å². The number of pyridine rings is 1. The minimum absolute atomic E-state index is 0.414. The van der Waals surface area contributed by atoms with Crippen LogP contribution in [0, 0.1) is 0 Å². The van der Waals surface area contributed by atoms with Gasteiger partial charge in [0.25, 0.3) is 0 Å². The van der Waals surface area contributed by atoms with Gasteiger partial charge < -0.3 is 11.1 Å². The van der Waals surface area contributed by atoms with Crippen LogP contribution in [0.4, 0.5) is 5.82 Å². The molecule has 0 radical (unpaired) electrons. The fourth-order valence-corrected chi connectivity index (χ4v) is 2.24. The van der Waals surface area contributed by atoms with Gasteiger partial charge in [-0.05, 0) is 37.0 Å². The number of nitrogens with zero attached hydrogens (tertiary/aromatic N) is 1. The highest BCUT2D eigenvalue weighted by atomic mass is 32.2. The van der Waals surface area contributed by atoms with Gasteiger partial charge in [0.15, 0.2) is 0 Å². The number of thiocarbonyl (C=S) groups is 1. The Balaban J connectivity index is 2.19.